The Morgan fingerprint density at radius 2 is 1.81 bits per heavy atom. The minimum Gasteiger partial charge on any atom is -0.466 e. The number of piperidine rings is 1. The zero-order valence-corrected chi connectivity index (χ0v) is 16.5. The number of carbonyl (C=O) groups excluding carboxylic acids is 2. The van der Waals surface area contributed by atoms with Crippen molar-refractivity contribution < 1.29 is 27.1 Å². The molecule has 1 amide bonds. The molecule has 1 aliphatic rings. The molecule has 0 radical (unpaired) electrons. The molecule has 0 spiro atoms. The van der Waals surface area contributed by atoms with Gasteiger partial charge in [-0.25, -0.2) is 12.8 Å². The zero-order valence-electron chi connectivity index (χ0n) is 15.7. The van der Waals surface area contributed by atoms with Gasteiger partial charge in [0.1, 0.15) is 11.9 Å². The topological polar surface area (TPSA) is 84.0 Å². The molecule has 1 aromatic rings. The number of esters is 1. The Kier molecular flexibility index (Phi) is 6.80. The van der Waals surface area contributed by atoms with E-state index in [0.29, 0.717) is 32.5 Å². The van der Waals surface area contributed by atoms with Gasteiger partial charge in [0.05, 0.1) is 24.5 Å². The number of hydrogen-bond donors (Lipinski definition) is 0. The summed E-state index contributed by atoms with van der Waals surface area (Å²) in [5.41, 5.74) is 0.223. The molecule has 2 rings (SSSR count). The van der Waals surface area contributed by atoms with Crippen molar-refractivity contribution in [1.82, 2.24) is 4.90 Å². The van der Waals surface area contributed by atoms with Crippen LogP contribution >= 0.6 is 0 Å². The van der Waals surface area contributed by atoms with Crippen molar-refractivity contribution in [2.75, 3.05) is 30.3 Å². The Morgan fingerprint density at radius 1 is 1.26 bits per heavy atom. The van der Waals surface area contributed by atoms with E-state index in [-0.39, 0.29) is 23.5 Å². The van der Waals surface area contributed by atoms with Crippen LogP contribution in [0.2, 0.25) is 0 Å². The fraction of sp³-hybridized carbons (Fsp3) is 0.556. The van der Waals surface area contributed by atoms with Crippen molar-refractivity contribution in [2.24, 2.45) is 5.92 Å². The van der Waals surface area contributed by atoms with Crippen molar-refractivity contribution in [1.29, 1.82) is 0 Å². The Bertz CT molecular complexity index is 773. The Labute approximate surface area is 159 Å². The molecule has 9 heteroatoms. The van der Waals surface area contributed by atoms with Crippen LogP contribution in [0, 0.1) is 11.7 Å². The average Bonchev–Trinajstić information content (AvgIpc) is 2.62. The highest BCUT2D eigenvalue weighted by Crippen LogP contribution is 2.24. The second-order valence-corrected chi connectivity index (χ2v) is 8.42. The van der Waals surface area contributed by atoms with E-state index in [2.05, 4.69) is 0 Å². The van der Waals surface area contributed by atoms with Crippen molar-refractivity contribution >= 4 is 27.6 Å². The molecule has 1 aromatic carbocycles. The molecule has 1 fully saturated rings. The summed E-state index contributed by atoms with van der Waals surface area (Å²) in [7, 11) is -3.76. The van der Waals surface area contributed by atoms with Gasteiger partial charge in [0.25, 0.3) is 0 Å². The lowest BCUT2D eigenvalue weighted by atomic mass is 9.96. The van der Waals surface area contributed by atoms with E-state index in [1.807, 2.05) is 0 Å². The van der Waals surface area contributed by atoms with Gasteiger partial charge in [0, 0.05) is 13.1 Å². The monoisotopic (exact) mass is 400 g/mol. The lowest BCUT2D eigenvalue weighted by Crippen LogP contribution is -2.51. The molecule has 1 saturated heterocycles. The van der Waals surface area contributed by atoms with Gasteiger partial charge in [-0.3, -0.25) is 13.9 Å². The van der Waals surface area contributed by atoms with Crippen LogP contribution in [0.1, 0.15) is 26.7 Å². The minimum atomic E-state index is -3.76. The smallest absolute Gasteiger partial charge is 0.309 e. The minimum absolute atomic E-state index is 0.223. The van der Waals surface area contributed by atoms with Gasteiger partial charge in [0.2, 0.25) is 15.9 Å². The second kappa shape index (κ2) is 8.69. The van der Waals surface area contributed by atoms with Crippen LogP contribution in [0.25, 0.3) is 0 Å². The summed E-state index contributed by atoms with van der Waals surface area (Å²) in [5.74, 6) is -1.35. The van der Waals surface area contributed by atoms with E-state index in [9.17, 15) is 22.4 Å². The second-order valence-electron chi connectivity index (χ2n) is 6.56. The third-order valence-corrected chi connectivity index (χ3v) is 5.82. The molecular weight excluding hydrogens is 375 g/mol. The number of benzene rings is 1. The average molecular weight is 400 g/mol. The molecule has 7 nitrogen and oxygen atoms in total. The van der Waals surface area contributed by atoms with E-state index in [1.54, 1.807) is 11.8 Å². The predicted molar refractivity (Wildman–Crippen MR) is 99.1 cm³/mol. The van der Waals surface area contributed by atoms with Crippen LogP contribution < -0.4 is 4.31 Å². The normalized spacial score (nSPS) is 16.7. The standard InChI is InChI=1S/C18H25FN2O5S/c1-4-26-18(23)14-9-11-20(12-10-14)17(22)13(2)21(27(3,24)25)16-7-5-15(19)6-8-16/h5-8,13-14H,4,9-12H2,1-3H3/t13-/m1/s1. The first-order valence-corrected chi connectivity index (χ1v) is 10.7. The maximum Gasteiger partial charge on any atom is 0.309 e. The Balaban J connectivity index is 2.12. The molecule has 0 bridgehead atoms. The molecule has 0 saturated carbocycles. The fourth-order valence-electron chi connectivity index (χ4n) is 3.25. The Hall–Kier alpha value is -2.16. The van der Waals surface area contributed by atoms with E-state index in [0.717, 1.165) is 22.7 Å². The molecule has 1 aliphatic heterocycles. The molecule has 0 aliphatic carbocycles. The van der Waals surface area contributed by atoms with Crippen LogP contribution in [0.15, 0.2) is 24.3 Å². The van der Waals surface area contributed by atoms with Crippen molar-refractivity contribution in [3.8, 4) is 0 Å². The number of nitrogens with zero attached hydrogens (tertiary/aromatic N) is 2. The quantitative estimate of drug-likeness (QED) is 0.680. The summed E-state index contributed by atoms with van der Waals surface area (Å²) < 4.78 is 43.7. The van der Waals surface area contributed by atoms with Crippen LogP contribution in [-0.2, 0) is 24.3 Å². The van der Waals surface area contributed by atoms with Gasteiger partial charge in [-0.1, -0.05) is 0 Å². The largest absolute Gasteiger partial charge is 0.466 e. The summed E-state index contributed by atoms with van der Waals surface area (Å²) in [6.07, 6.45) is 1.96. The molecule has 1 heterocycles. The van der Waals surface area contributed by atoms with Crippen LogP contribution in [0.5, 0.6) is 0 Å². The highest BCUT2D eigenvalue weighted by molar-refractivity contribution is 7.92. The van der Waals surface area contributed by atoms with Gasteiger partial charge < -0.3 is 9.64 Å². The number of likely N-dealkylation sites (tertiary alicyclic amines) is 1. The van der Waals surface area contributed by atoms with E-state index in [4.69, 9.17) is 4.74 Å². The summed E-state index contributed by atoms with van der Waals surface area (Å²) in [5, 5.41) is 0. The first-order valence-electron chi connectivity index (χ1n) is 8.85. The van der Waals surface area contributed by atoms with Gasteiger partial charge in [-0.05, 0) is 51.0 Å². The van der Waals surface area contributed by atoms with Crippen LogP contribution in [-0.4, -0.2) is 57.2 Å². The molecule has 0 unspecified atom stereocenters. The predicted octanol–water partition coefficient (Wildman–Crippen LogP) is 1.78. The number of sulfonamides is 1. The first-order chi connectivity index (χ1) is 12.6. The SMILES string of the molecule is CCOC(=O)C1CCN(C(=O)[C@@H](C)N(c2ccc(F)cc2)S(C)(=O)=O)CC1. The summed E-state index contributed by atoms with van der Waals surface area (Å²) in [6.45, 7) is 4.27. The summed E-state index contributed by atoms with van der Waals surface area (Å²) in [6, 6.07) is 3.97. The van der Waals surface area contributed by atoms with Gasteiger partial charge in [-0.15, -0.1) is 0 Å². The fourth-order valence-corrected chi connectivity index (χ4v) is 4.42. The lowest BCUT2D eigenvalue weighted by molar-refractivity contribution is -0.151. The van der Waals surface area contributed by atoms with Crippen molar-refractivity contribution in [2.45, 2.75) is 32.7 Å². The maximum atomic E-state index is 13.2. The van der Waals surface area contributed by atoms with Gasteiger partial charge in [-0.2, -0.15) is 0 Å². The van der Waals surface area contributed by atoms with Gasteiger partial charge in [0.15, 0.2) is 0 Å². The number of amides is 1. The maximum absolute atomic E-state index is 13.2. The van der Waals surface area contributed by atoms with Crippen molar-refractivity contribution in [3.05, 3.63) is 30.1 Å². The highest BCUT2D eigenvalue weighted by atomic mass is 32.2. The van der Waals surface area contributed by atoms with Crippen LogP contribution in [0.3, 0.4) is 0 Å². The lowest BCUT2D eigenvalue weighted by Gasteiger charge is -2.36. The van der Waals surface area contributed by atoms with Crippen LogP contribution in [0.4, 0.5) is 10.1 Å². The van der Waals surface area contributed by atoms with Gasteiger partial charge >= 0.3 is 5.97 Å². The highest BCUT2D eigenvalue weighted by Gasteiger charge is 2.35. The molecule has 150 valence electrons. The first kappa shape index (κ1) is 21.1. The molecule has 1 atom stereocenters. The Morgan fingerprint density at radius 3 is 2.30 bits per heavy atom. The summed E-state index contributed by atoms with van der Waals surface area (Å²) in [4.78, 5) is 26.2. The van der Waals surface area contributed by atoms with E-state index in [1.165, 1.54) is 19.1 Å². The van der Waals surface area contributed by atoms with E-state index < -0.39 is 21.9 Å². The third kappa shape index (κ3) is 5.18. The number of halogens is 1. The van der Waals surface area contributed by atoms with Crippen molar-refractivity contribution in [3.63, 3.8) is 0 Å². The number of carbonyl (C=O) groups is 2. The molecule has 0 N–H and O–H groups in total. The molecule has 27 heavy (non-hydrogen) atoms. The number of ether oxygens (including phenoxy) is 1. The number of anilines is 1. The molecule has 0 aromatic heterocycles. The summed E-state index contributed by atoms with van der Waals surface area (Å²) >= 11 is 0. The molecular formula is C18H25FN2O5S. The number of hydrogen-bond acceptors (Lipinski definition) is 5. The van der Waals surface area contributed by atoms with E-state index >= 15 is 0 Å². The zero-order chi connectivity index (χ0) is 20.2. The number of rotatable bonds is 6. The third-order valence-electron chi connectivity index (χ3n) is 4.57.